The summed E-state index contributed by atoms with van der Waals surface area (Å²) in [7, 11) is 0. The number of fused-ring (bicyclic) bond motifs is 1. The largest absolute Gasteiger partial charge is 0.481 e. The molecule has 1 fully saturated rings. The molecule has 6 rings (SSSR count). The lowest BCUT2D eigenvalue weighted by atomic mass is 9.95. The smallest absolute Gasteiger partial charge is 0.149 e. The zero-order valence-corrected chi connectivity index (χ0v) is 20.8. The molecule has 0 aliphatic heterocycles. The molecule has 1 aromatic heterocycles. The zero-order valence-electron chi connectivity index (χ0n) is 20.8. The molecule has 1 heterocycles. The average molecular weight is 484 g/mol. The van der Waals surface area contributed by atoms with E-state index in [2.05, 4.69) is 53.1 Å². The minimum atomic E-state index is -0.190. The highest BCUT2D eigenvalue weighted by Crippen LogP contribution is 2.37. The van der Waals surface area contributed by atoms with Crippen LogP contribution in [-0.4, -0.2) is 9.55 Å². The fraction of sp³-hybridized carbons (Fsp3) is 0.212. The maximum atomic E-state index is 9.41. The van der Waals surface area contributed by atoms with Crippen LogP contribution in [0, 0.1) is 11.3 Å². The van der Waals surface area contributed by atoms with Gasteiger partial charge in [0.25, 0.3) is 0 Å². The van der Waals surface area contributed by atoms with Crippen LogP contribution in [0.3, 0.4) is 0 Å². The standard InChI is InChI=1S/C33H29N3O/c34-23-24-16-21-31-30(22-24)35-33(36(31)28-14-8-3-9-15-28)27-17-19-29(20-18-27)37-32(25-10-4-1-5-11-25)26-12-6-2-7-13-26/h1-2,4-7,10-13,16-22,28,32H,3,8-9,14-15H2. The van der Waals surface area contributed by atoms with E-state index in [-0.39, 0.29) is 6.10 Å². The number of rotatable bonds is 6. The molecule has 4 aromatic carbocycles. The third kappa shape index (κ3) is 4.73. The van der Waals surface area contributed by atoms with Crippen molar-refractivity contribution in [3.63, 3.8) is 0 Å². The highest BCUT2D eigenvalue weighted by molar-refractivity contribution is 5.82. The summed E-state index contributed by atoms with van der Waals surface area (Å²) in [6.45, 7) is 0. The molecule has 0 radical (unpaired) electrons. The van der Waals surface area contributed by atoms with Crippen LogP contribution in [0.5, 0.6) is 5.75 Å². The van der Waals surface area contributed by atoms with Crippen molar-refractivity contribution in [3.8, 4) is 23.2 Å². The van der Waals surface area contributed by atoms with Crippen LogP contribution < -0.4 is 4.74 Å². The quantitative estimate of drug-likeness (QED) is 0.244. The summed E-state index contributed by atoms with van der Waals surface area (Å²) in [5, 5.41) is 9.41. The van der Waals surface area contributed by atoms with Gasteiger partial charge in [-0.05, 0) is 66.4 Å². The molecule has 0 atom stereocenters. The van der Waals surface area contributed by atoms with Gasteiger partial charge in [-0.15, -0.1) is 0 Å². The lowest BCUT2D eigenvalue weighted by molar-refractivity contribution is 0.247. The van der Waals surface area contributed by atoms with Crippen LogP contribution in [0.25, 0.3) is 22.4 Å². The molecule has 182 valence electrons. The van der Waals surface area contributed by atoms with Crippen molar-refractivity contribution in [2.24, 2.45) is 0 Å². The van der Waals surface area contributed by atoms with Crippen LogP contribution in [0.15, 0.2) is 103 Å². The maximum Gasteiger partial charge on any atom is 0.149 e. The minimum Gasteiger partial charge on any atom is -0.481 e. The summed E-state index contributed by atoms with van der Waals surface area (Å²) in [5.74, 6) is 1.78. The first kappa shape index (κ1) is 23.1. The SMILES string of the molecule is N#Cc1ccc2c(c1)nc(-c1ccc(OC(c3ccccc3)c3ccccc3)cc1)n2C1CCCCC1. The van der Waals surface area contributed by atoms with Gasteiger partial charge in [0.15, 0.2) is 0 Å². The Kier molecular flexibility index (Phi) is 6.44. The van der Waals surface area contributed by atoms with Crippen molar-refractivity contribution in [1.29, 1.82) is 5.26 Å². The molecule has 1 saturated carbocycles. The number of ether oxygens (including phenoxy) is 1. The van der Waals surface area contributed by atoms with Gasteiger partial charge in [0, 0.05) is 11.6 Å². The molecular weight excluding hydrogens is 454 g/mol. The molecule has 1 aliphatic rings. The van der Waals surface area contributed by atoms with Crippen molar-refractivity contribution in [1.82, 2.24) is 9.55 Å². The second kappa shape index (κ2) is 10.3. The van der Waals surface area contributed by atoms with Crippen LogP contribution in [0.2, 0.25) is 0 Å². The Balaban J connectivity index is 1.36. The number of hydrogen-bond donors (Lipinski definition) is 0. The number of nitrogens with zero attached hydrogens (tertiary/aromatic N) is 3. The van der Waals surface area contributed by atoms with E-state index >= 15 is 0 Å². The fourth-order valence-corrected chi connectivity index (χ4v) is 5.48. The van der Waals surface area contributed by atoms with Gasteiger partial charge in [0.05, 0.1) is 22.7 Å². The summed E-state index contributed by atoms with van der Waals surface area (Å²) < 4.78 is 8.95. The van der Waals surface area contributed by atoms with E-state index in [9.17, 15) is 5.26 Å². The number of nitriles is 1. The Labute approximate surface area is 217 Å². The van der Waals surface area contributed by atoms with Crippen LogP contribution in [0.1, 0.15) is 60.9 Å². The van der Waals surface area contributed by atoms with Crippen molar-refractivity contribution in [3.05, 3.63) is 120 Å². The number of benzene rings is 4. The molecule has 4 nitrogen and oxygen atoms in total. The maximum absolute atomic E-state index is 9.41. The fourth-order valence-electron chi connectivity index (χ4n) is 5.48. The van der Waals surface area contributed by atoms with Crippen LogP contribution in [0.4, 0.5) is 0 Å². The van der Waals surface area contributed by atoms with Gasteiger partial charge in [-0.1, -0.05) is 79.9 Å². The predicted molar refractivity (Wildman–Crippen MR) is 147 cm³/mol. The summed E-state index contributed by atoms with van der Waals surface area (Å²) in [6, 6.07) is 37.5. The molecule has 1 aliphatic carbocycles. The van der Waals surface area contributed by atoms with Crippen molar-refractivity contribution >= 4 is 11.0 Å². The lowest BCUT2D eigenvalue weighted by Crippen LogP contribution is -2.14. The van der Waals surface area contributed by atoms with Crippen molar-refractivity contribution in [2.75, 3.05) is 0 Å². The molecule has 0 N–H and O–H groups in total. The van der Waals surface area contributed by atoms with Crippen LogP contribution in [-0.2, 0) is 0 Å². The van der Waals surface area contributed by atoms with Crippen LogP contribution >= 0.6 is 0 Å². The highest BCUT2D eigenvalue weighted by atomic mass is 16.5. The summed E-state index contributed by atoms with van der Waals surface area (Å²) in [5.41, 5.74) is 5.92. The van der Waals surface area contributed by atoms with E-state index in [1.165, 1.54) is 19.3 Å². The second-order valence-electron chi connectivity index (χ2n) is 9.76. The van der Waals surface area contributed by atoms with Gasteiger partial charge < -0.3 is 9.30 Å². The third-order valence-corrected chi connectivity index (χ3v) is 7.33. The number of hydrogen-bond acceptors (Lipinski definition) is 3. The molecule has 0 saturated heterocycles. The monoisotopic (exact) mass is 483 g/mol. The Morgan fingerprint density at radius 2 is 1.43 bits per heavy atom. The Hall–Kier alpha value is -4.36. The van der Waals surface area contributed by atoms with Gasteiger partial charge >= 0.3 is 0 Å². The Bertz CT molecular complexity index is 1490. The third-order valence-electron chi connectivity index (χ3n) is 7.33. The zero-order chi connectivity index (χ0) is 25.0. The topological polar surface area (TPSA) is 50.8 Å². The normalized spacial score (nSPS) is 14.1. The summed E-state index contributed by atoms with van der Waals surface area (Å²) in [6.07, 6.45) is 5.92. The average Bonchev–Trinajstić information content (AvgIpc) is 3.36. The van der Waals surface area contributed by atoms with Crippen molar-refractivity contribution < 1.29 is 4.74 Å². The van der Waals surface area contributed by atoms with Gasteiger partial charge in [-0.25, -0.2) is 4.98 Å². The Morgan fingerprint density at radius 1 is 0.784 bits per heavy atom. The molecule has 0 amide bonds. The second-order valence-corrected chi connectivity index (χ2v) is 9.76. The summed E-state index contributed by atoms with van der Waals surface area (Å²) in [4.78, 5) is 5.02. The first-order chi connectivity index (χ1) is 18.3. The number of imidazole rings is 1. The lowest BCUT2D eigenvalue weighted by Gasteiger charge is -2.26. The number of aromatic nitrogens is 2. The van der Waals surface area contributed by atoms with E-state index in [0.29, 0.717) is 11.6 Å². The van der Waals surface area contributed by atoms with E-state index in [1.807, 2.05) is 60.7 Å². The first-order valence-electron chi connectivity index (χ1n) is 13.1. The van der Waals surface area contributed by atoms with E-state index in [0.717, 1.165) is 52.1 Å². The van der Waals surface area contributed by atoms with E-state index < -0.39 is 0 Å². The molecule has 37 heavy (non-hydrogen) atoms. The van der Waals surface area contributed by atoms with Gasteiger partial charge in [-0.3, -0.25) is 0 Å². The predicted octanol–water partition coefficient (Wildman–Crippen LogP) is 8.25. The Morgan fingerprint density at radius 3 is 2.05 bits per heavy atom. The molecular formula is C33H29N3O. The van der Waals surface area contributed by atoms with Crippen molar-refractivity contribution in [2.45, 2.75) is 44.2 Å². The first-order valence-corrected chi connectivity index (χ1v) is 13.1. The van der Waals surface area contributed by atoms with Gasteiger partial charge in [-0.2, -0.15) is 5.26 Å². The molecule has 0 spiro atoms. The van der Waals surface area contributed by atoms with E-state index in [4.69, 9.17) is 9.72 Å². The molecule has 4 heteroatoms. The molecule has 5 aromatic rings. The molecule has 0 bridgehead atoms. The van der Waals surface area contributed by atoms with Gasteiger partial charge in [0.2, 0.25) is 0 Å². The molecule has 0 unspecified atom stereocenters. The highest BCUT2D eigenvalue weighted by Gasteiger charge is 2.23. The minimum absolute atomic E-state index is 0.190. The van der Waals surface area contributed by atoms with E-state index in [1.54, 1.807) is 0 Å². The van der Waals surface area contributed by atoms with Gasteiger partial charge in [0.1, 0.15) is 17.7 Å². The summed E-state index contributed by atoms with van der Waals surface area (Å²) >= 11 is 0.